The first-order valence-electron chi connectivity index (χ1n) is 4.06. The van der Waals surface area contributed by atoms with Gasteiger partial charge in [-0.05, 0) is 24.1 Å². The van der Waals surface area contributed by atoms with Gasteiger partial charge in [0, 0.05) is 0 Å². The molecule has 0 heterocycles. The van der Waals surface area contributed by atoms with Gasteiger partial charge in [0.1, 0.15) is 5.75 Å². The van der Waals surface area contributed by atoms with Crippen molar-refractivity contribution in [3.63, 3.8) is 0 Å². The molecule has 0 aliphatic heterocycles. The van der Waals surface area contributed by atoms with Gasteiger partial charge in [0.15, 0.2) is 0 Å². The second-order valence-electron chi connectivity index (χ2n) is 2.65. The molecule has 1 aromatic rings. The number of ether oxygens (including phenoxy) is 1. The van der Waals surface area contributed by atoms with Crippen LogP contribution < -0.4 is 4.74 Å². The van der Waals surface area contributed by atoms with Gasteiger partial charge in [-0.3, -0.25) is 0 Å². The van der Waals surface area contributed by atoms with Crippen molar-refractivity contribution in [3.05, 3.63) is 29.8 Å². The quantitative estimate of drug-likeness (QED) is 0.655. The summed E-state index contributed by atoms with van der Waals surface area (Å²) >= 11 is 6.05. The van der Waals surface area contributed by atoms with Crippen molar-refractivity contribution < 1.29 is 4.74 Å². The van der Waals surface area contributed by atoms with Crippen LogP contribution in [0.1, 0.15) is 24.3 Å². The van der Waals surface area contributed by atoms with Gasteiger partial charge < -0.3 is 4.74 Å². The average Bonchev–Trinajstić information content (AvgIpc) is 2.17. The first-order valence-corrected chi connectivity index (χ1v) is 4.49. The molecule has 0 spiro atoms. The average molecular weight is 185 g/mol. The molecule has 0 N–H and O–H groups in total. The highest BCUT2D eigenvalue weighted by atomic mass is 35.5. The van der Waals surface area contributed by atoms with E-state index in [1.807, 2.05) is 24.3 Å². The van der Waals surface area contributed by atoms with E-state index in [-0.39, 0.29) is 5.38 Å². The fourth-order valence-electron chi connectivity index (χ4n) is 1.05. The Morgan fingerprint density at radius 3 is 2.33 bits per heavy atom. The number of methoxy groups -OCH3 is 1. The third kappa shape index (κ3) is 2.15. The largest absolute Gasteiger partial charge is 0.497 e. The van der Waals surface area contributed by atoms with Crippen LogP contribution in [0.5, 0.6) is 5.75 Å². The summed E-state index contributed by atoms with van der Waals surface area (Å²) in [6.45, 7) is 2.07. The second-order valence-corrected chi connectivity index (χ2v) is 3.18. The lowest BCUT2D eigenvalue weighted by Crippen LogP contribution is -1.88. The lowest BCUT2D eigenvalue weighted by atomic mass is 10.1. The van der Waals surface area contributed by atoms with E-state index in [1.165, 1.54) is 0 Å². The molecule has 1 unspecified atom stereocenters. The minimum Gasteiger partial charge on any atom is -0.497 e. The highest BCUT2D eigenvalue weighted by Gasteiger charge is 2.03. The summed E-state index contributed by atoms with van der Waals surface area (Å²) in [5, 5.41) is 0.121. The molecular formula is C10H13ClO. The third-order valence-electron chi connectivity index (χ3n) is 1.84. The molecule has 0 saturated heterocycles. The topological polar surface area (TPSA) is 9.23 Å². The Morgan fingerprint density at radius 2 is 1.92 bits per heavy atom. The van der Waals surface area contributed by atoms with Crippen molar-refractivity contribution in [1.82, 2.24) is 0 Å². The van der Waals surface area contributed by atoms with E-state index in [0.29, 0.717) is 0 Å². The maximum atomic E-state index is 6.05. The van der Waals surface area contributed by atoms with E-state index >= 15 is 0 Å². The lowest BCUT2D eigenvalue weighted by Gasteiger charge is -2.06. The van der Waals surface area contributed by atoms with Gasteiger partial charge in [-0.25, -0.2) is 0 Å². The van der Waals surface area contributed by atoms with Crippen LogP contribution in [0.15, 0.2) is 24.3 Å². The molecule has 2 heteroatoms. The van der Waals surface area contributed by atoms with Gasteiger partial charge in [0.2, 0.25) is 0 Å². The minimum atomic E-state index is 0.121. The number of rotatable bonds is 3. The Labute approximate surface area is 78.3 Å². The molecule has 0 amide bonds. The molecule has 1 nitrogen and oxygen atoms in total. The third-order valence-corrected chi connectivity index (χ3v) is 2.40. The molecule has 0 aromatic heterocycles. The van der Waals surface area contributed by atoms with Crippen LogP contribution in [-0.2, 0) is 0 Å². The Kier molecular flexibility index (Phi) is 3.42. The molecule has 1 atom stereocenters. The van der Waals surface area contributed by atoms with Crippen molar-refractivity contribution in [2.45, 2.75) is 18.7 Å². The normalized spacial score (nSPS) is 12.6. The molecule has 0 bridgehead atoms. The number of halogens is 1. The molecule has 1 aromatic carbocycles. The van der Waals surface area contributed by atoms with Crippen LogP contribution in [-0.4, -0.2) is 7.11 Å². The van der Waals surface area contributed by atoms with E-state index in [2.05, 4.69) is 6.92 Å². The summed E-state index contributed by atoms with van der Waals surface area (Å²) in [4.78, 5) is 0. The first-order chi connectivity index (χ1) is 5.77. The first kappa shape index (κ1) is 9.40. The fraction of sp³-hybridized carbons (Fsp3) is 0.400. The molecule has 0 aliphatic carbocycles. The maximum Gasteiger partial charge on any atom is 0.118 e. The van der Waals surface area contributed by atoms with Crippen LogP contribution in [0.4, 0.5) is 0 Å². The number of hydrogen-bond acceptors (Lipinski definition) is 1. The Hall–Kier alpha value is -0.690. The molecular weight excluding hydrogens is 172 g/mol. The van der Waals surface area contributed by atoms with Crippen LogP contribution in [0.3, 0.4) is 0 Å². The standard InChI is InChI=1S/C10H13ClO/c1-3-10(11)8-4-6-9(12-2)7-5-8/h4-7,10H,3H2,1-2H3. The SMILES string of the molecule is CCC(Cl)c1ccc(OC)cc1. The molecule has 0 aliphatic rings. The summed E-state index contributed by atoms with van der Waals surface area (Å²) in [5.74, 6) is 0.874. The Morgan fingerprint density at radius 1 is 1.33 bits per heavy atom. The maximum absolute atomic E-state index is 6.05. The van der Waals surface area contributed by atoms with Crippen molar-refractivity contribution >= 4 is 11.6 Å². The van der Waals surface area contributed by atoms with Crippen LogP contribution >= 0.6 is 11.6 Å². The van der Waals surface area contributed by atoms with E-state index in [1.54, 1.807) is 7.11 Å². The molecule has 66 valence electrons. The monoisotopic (exact) mass is 184 g/mol. The van der Waals surface area contributed by atoms with E-state index in [0.717, 1.165) is 17.7 Å². The van der Waals surface area contributed by atoms with Gasteiger partial charge in [-0.1, -0.05) is 19.1 Å². The predicted octanol–water partition coefficient (Wildman–Crippen LogP) is 3.39. The summed E-state index contributed by atoms with van der Waals surface area (Å²) in [5.41, 5.74) is 1.15. The zero-order valence-electron chi connectivity index (χ0n) is 7.38. The van der Waals surface area contributed by atoms with Gasteiger partial charge in [0.25, 0.3) is 0 Å². The summed E-state index contributed by atoms with van der Waals surface area (Å²) in [7, 11) is 1.66. The predicted molar refractivity (Wildman–Crippen MR) is 51.9 cm³/mol. The Balaban J connectivity index is 2.77. The van der Waals surface area contributed by atoms with Crippen molar-refractivity contribution in [3.8, 4) is 5.75 Å². The highest BCUT2D eigenvalue weighted by molar-refractivity contribution is 6.20. The van der Waals surface area contributed by atoms with Crippen LogP contribution in [0.2, 0.25) is 0 Å². The number of hydrogen-bond donors (Lipinski definition) is 0. The van der Waals surface area contributed by atoms with Gasteiger partial charge in [-0.2, -0.15) is 0 Å². The minimum absolute atomic E-state index is 0.121. The smallest absolute Gasteiger partial charge is 0.118 e. The lowest BCUT2D eigenvalue weighted by molar-refractivity contribution is 0.414. The molecule has 0 saturated carbocycles. The van der Waals surface area contributed by atoms with Gasteiger partial charge >= 0.3 is 0 Å². The van der Waals surface area contributed by atoms with Crippen LogP contribution in [0, 0.1) is 0 Å². The Bertz CT molecular complexity index is 230. The summed E-state index contributed by atoms with van der Waals surface area (Å²) in [6.07, 6.45) is 0.952. The van der Waals surface area contributed by atoms with E-state index < -0.39 is 0 Å². The number of benzene rings is 1. The second kappa shape index (κ2) is 4.36. The molecule has 12 heavy (non-hydrogen) atoms. The molecule has 0 fully saturated rings. The molecule has 1 rings (SSSR count). The number of alkyl halides is 1. The zero-order chi connectivity index (χ0) is 8.97. The molecule has 0 radical (unpaired) electrons. The van der Waals surface area contributed by atoms with Crippen LogP contribution in [0.25, 0.3) is 0 Å². The summed E-state index contributed by atoms with van der Waals surface area (Å²) < 4.78 is 5.04. The van der Waals surface area contributed by atoms with Crippen molar-refractivity contribution in [1.29, 1.82) is 0 Å². The summed E-state index contributed by atoms with van der Waals surface area (Å²) in [6, 6.07) is 7.86. The zero-order valence-corrected chi connectivity index (χ0v) is 8.14. The highest BCUT2D eigenvalue weighted by Crippen LogP contribution is 2.25. The van der Waals surface area contributed by atoms with Crippen molar-refractivity contribution in [2.75, 3.05) is 7.11 Å². The van der Waals surface area contributed by atoms with E-state index in [4.69, 9.17) is 16.3 Å². The van der Waals surface area contributed by atoms with Gasteiger partial charge in [-0.15, -0.1) is 11.6 Å². The fourth-order valence-corrected chi connectivity index (χ4v) is 1.19. The van der Waals surface area contributed by atoms with E-state index in [9.17, 15) is 0 Å². The van der Waals surface area contributed by atoms with Gasteiger partial charge in [0.05, 0.1) is 12.5 Å². The van der Waals surface area contributed by atoms with Crippen molar-refractivity contribution in [2.24, 2.45) is 0 Å².